The van der Waals surface area contributed by atoms with Gasteiger partial charge in [-0.3, -0.25) is 4.79 Å². The van der Waals surface area contributed by atoms with Crippen molar-refractivity contribution in [1.82, 2.24) is 14.9 Å². The van der Waals surface area contributed by atoms with E-state index in [1.165, 1.54) is 6.33 Å². The number of halogens is 1. The Kier molecular flexibility index (Phi) is 3.89. The fourth-order valence-electron chi connectivity index (χ4n) is 2.32. The molecule has 100 valence electrons. The van der Waals surface area contributed by atoms with Gasteiger partial charge in [-0.25, -0.2) is 4.98 Å². The van der Waals surface area contributed by atoms with E-state index in [1.807, 2.05) is 23.9 Å². The SMILES string of the molecule is CN(C)CC1CC(O)CN1c1nc[nH]c(=O)c1Cl. The van der Waals surface area contributed by atoms with Gasteiger partial charge in [0.15, 0.2) is 5.82 Å². The van der Waals surface area contributed by atoms with Crippen molar-refractivity contribution in [2.75, 3.05) is 32.1 Å². The summed E-state index contributed by atoms with van der Waals surface area (Å²) in [4.78, 5) is 22.0. The van der Waals surface area contributed by atoms with Crippen LogP contribution < -0.4 is 10.5 Å². The number of nitrogens with one attached hydrogen (secondary N) is 1. The molecule has 0 radical (unpaired) electrons. The molecule has 2 atom stereocenters. The molecule has 1 saturated heterocycles. The minimum atomic E-state index is -0.410. The Hall–Kier alpha value is -1.11. The lowest BCUT2D eigenvalue weighted by molar-refractivity contribution is 0.191. The van der Waals surface area contributed by atoms with Gasteiger partial charge >= 0.3 is 0 Å². The standard InChI is InChI=1S/C11H17ClN4O2/c1-15(2)4-7-3-8(17)5-16(7)10-9(12)11(18)14-6-13-10/h6-8,17H,3-5H2,1-2H3,(H,13,14,18). The Morgan fingerprint density at radius 3 is 3.06 bits per heavy atom. The van der Waals surface area contributed by atoms with Gasteiger partial charge in [0, 0.05) is 19.1 Å². The number of rotatable bonds is 3. The van der Waals surface area contributed by atoms with Crippen LogP contribution in [0.5, 0.6) is 0 Å². The van der Waals surface area contributed by atoms with Crippen LogP contribution in [0.25, 0.3) is 0 Å². The number of likely N-dealkylation sites (N-methyl/N-ethyl adjacent to an activating group) is 1. The Morgan fingerprint density at radius 1 is 1.67 bits per heavy atom. The topological polar surface area (TPSA) is 72.5 Å². The van der Waals surface area contributed by atoms with Crippen LogP contribution in [0.1, 0.15) is 6.42 Å². The third-order valence-corrected chi connectivity index (χ3v) is 3.36. The molecule has 1 fully saturated rings. The lowest BCUT2D eigenvalue weighted by Crippen LogP contribution is -2.38. The number of aliphatic hydroxyl groups is 1. The number of nitrogens with zero attached hydrogens (tertiary/aromatic N) is 3. The van der Waals surface area contributed by atoms with Crippen molar-refractivity contribution < 1.29 is 5.11 Å². The van der Waals surface area contributed by atoms with Gasteiger partial charge in [-0.1, -0.05) is 11.6 Å². The number of H-pyrrole nitrogens is 1. The summed E-state index contributed by atoms with van der Waals surface area (Å²) in [5.74, 6) is 0.448. The van der Waals surface area contributed by atoms with Crippen LogP contribution >= 0.6 is 11.6 Å². The van der Waals surface area contributed by atoms with Gasteiger partial charge in [0.25, 0.3) is 5.56 Å². The van der Waals surface area contributed by atoms with E-state index in [2.05, 4.69) is 9.97 Å². The number of hydrogen-bond donors (Lipinski definition) is 2. The van der Waals surface area contributed by atoms with Gasteiger partial charge < -0.3 is 19.9 Å². The highest BCUT2D eigenvalue weighted by Crippen LogP contribution is 2.27. The second-order valence-electron chi connectivity index (χ2n) is 4.83. The molecule has 2 heterocycles. The molecule has 0 aromatic carbocycles. The van der Waals surface area contributed by atoms with Crippen molar-refractivity contribution in [3.8, 4) is 0 Å². The molecule has 0 bridgehead atoms. The van der Waals surface area contributed by atoms with E-state index in [9.17, 15) is 9.90 Å². The van der Waals surface area contributed by atoms with Gasteiger partial charge in [-0.15, -0.1) is 0 Å². The van der Waals surface area contributed by atoms with Crippen LogP contribution in [-0.2, 0) is 0 Å². The second-order valence-corrected chi connectivity index (χ2v) is 5.21. The molecule has 0 spiro atoms. The summed E-state index contributed by atoms with van der Waals surface area (Å²) in [6.45, 7) is 1.23. The number of aliphatic hydroxyl groups excluding tert-OH is 1. The zero-order valence-electron chi connectivity index (χ0n) is 10.4. The van der Waals surface area contributed by atoms with Crippen LogP contribution in [-0.4, -0.2) is 59.3 Å². The smallest absolute Gasteiger partial charge is 0.271 e. The first-order valence-corrected chi connectivity index (χ1v) is 6.19. The molecule has 18 heavy (non-hydrogen) atoms. The van der Waals surface area contributed by atoms with Crippen molar-refractivity contribution in [2.45, 2.75) is 18.6 Å². The van der Waals surface area contributed by atoms with E-state index in [1.54, 1.807) is 0 Å². The molecule has 0 saturated carbocycles. The summed E-state index contributed by atoms with van der Waals surface area (Å²) >= 11 is 5.98. The van der Waals surface area contributed by atoms with E-state index in [-0.39, 0.29) is 16.6 Å². The van der Waals surface area contributed by atoms with Crippen molar-refractivity contribution in [3.63, 3.8) is 0 Å². The largest absolute Gasteiger partial charge is 0.391 e. The maximum absolute atomic E-state index is 11.5. The quantitative estimate of drug-likeness (QED) is 0.806. The normalized spacial score (nSPS) is 23.9. The number of anilines is 1. The fourth-order valence-corrected chi connectivity index (χ4v) is 2.53. The summed E-state index contributed by atoms with van der Waals surface area (Å²) in [6, 6.07) is 0.113. The maximum atomic E-state index is 11.5. The van der Waals surface area contributed by atoms with Crippen molar-refractivity contribution in [2.24, 2.45) is 0 Å². The average Bonchev–Trinajstić information content (AvgIpc) is 2.62. The number of aromatic amines is 1. The fraction of sp³-hybridized carbons (Fsp3) is 0.636. The van der Waals surface area contributed by atoms with E-state index in [4.69, 9.17) is 11.6 Å². The van der Waals surface area contributed by atoms with E-state index < -0.39 is 6.10 Å². The summed E-state index contributed by atoms with van der Waals surface area (Å²) in [5.41, 5.74) is -0.355. The first-order chi connectivity index (χ1) is 8.49. The monoisotopic (exact) mass is 272 g/mol. The van der Waals surface area contributed by atoms with Gasteiger partial charge in [0.1, 0.15) is 5.02 Å². The molecular weight excluding hydrogens is 256 g/mol. The van der Waals surface area contributed by atoms with Gasteiger partial charge in [0.2, 0.25) is 0 Å². The van der Waals surface area contributed by atoms with Crippen LogP contribution in [0, 0.1) is 0 Å². The minimum absolute atomic E-state index is 0.0790. The van der Waals surface area contributed by atoms with Gasteiger partial charge in [-0.05, 0) is 20.5 Å². The highest BCUT2D eigenvalue weighted by atomic mass is 35.5. The number of aromatic nitrogens is 2. The first kappa shape index (κ1) is 13.3. The van der Waals surface area contributed by atoms with E-state index in [0.29, 0.717) is 18.8 Å². The Bertz CT molecular complexity index is 476. The van der Waals surface area contributed by atoms with Crippen molar-refractivity contribution in [1.29, 1.82) is 0 Å². The molecular formula is C11H17ClN4O2. The molecule has 2 unspecified atom stereocenters. The Labute approximate surface area is 110 Å². The maximum Gasteiger partial charge on any atom is 0.271 e. The third kappa shape index (κ3) is 2.66. The summed E-state index contributed by atoms with van der Waals surface area (Å²) in [6.07, 6.45) is 1.58. The zero-order chi connectivity index (χ0) is 13.3. The summed E-state index contributed by atoms with van der Waals surface area (Å²) in [7, 11) is 3.94. The molecule has 2 N–H and O–H groups in total. The molecule has 7 heteroatoms. The van der Waals surface area contributed by atoms with Crippen molar-refractivity contribution in [3.05, 3.63) is 21.7 Å². The predicted molar refractivity (Wildman–Crippen MR) is 70.2 cm³/mol. The van der Waals surface area contributed by atoms with E-state index >= 15 is 0 Å². The van der Waals surface area contributed by atoms with Crippen LogP contribution in [0.15, 0.2) is 11.1 Å². The van der Waals surface area contributed by atoms with Crippen LogP contribution in [0.3, 0.4) is 0 Å². The second kappa shape index (κ2) is 5.26. The van der Waals surface area contributed by atoms with Crippen molar-refractivity contribution >= 4 is 17.4 Å². The molecule has 0 amide bonds. The number of hydrogen-bond acceptors (Lipinski definition) is 5. The molecule has 0 aliphatic carbocycles. The predicted octanol–water partition coefficient (Wildman–Crippen LogP) is -0.0755. The first-order valence-electron chi connectivity index (χ1n) is 5.81. The zero-order valence-corrected chi connectivity index (χ0v) is 11.2. The molecule has 1 aliphatic rings. The van der Waals surface area contributed by atoms with Crippen LogP contribution in [0.4, 0.5) is 5.82 Å². The van der Waals surface area contributed by atoms with Gasteiger partial charge in [0.05, 0.1) is 12.4 Å². The highest BCUT2D eigenvalue weighted by molar-refractivity contribution is 6.32. The molecule has 2 rings (SSSR count). The Balaban J connectivity index is 2.30. The van der Waals surface area contributed by atoms with Crippen LogP contribution in [0.2, 0.25) is 5.02 Å². The Morgan fingerprint density at radius 2 is 2.39 bits per heavy atom. The lowest BCUT2D eigenvalue weighted by Gasteiger charge is -2.27. The van der Waals surface area contributed by atoms with Gasteiger partial charge in [-0.2, -0.15) is 0 Å². The van der Waals surface area contributed by atoms with E-state index in [0.717, 1.165) is 6.54 Å². The lowest BCUT2D eigenvalue weighted by atomic mass is 10.2. The number of β-amino-alcohol motifs (C(OH)–C–C–N with tert-alkyl or cyclic N) is 1. The highest BCUT2D eigenvalue weighted by Gasteiger charge is 2.33. The molecule has 6 nitrogen and oxygen atoms in total. The summed E-state index contributed by atoms with van der Waals surface area (Å²) < 4.78 is 0. The minimum Gasteiger partial charge on any atom is -0.391 e. The third-order valence-electron chi connectivity index (χ3n) is 3.02. The average molecular weight is 273 g/mol. The summed E-state index contributed by atoms with van der Waals surface area (Å²) in [5, 5.41) is 9.87. The molecule has 1 aliphatic heterocycles. The molecule has 1 aromatic rings. The molecule has 1 aromatic heterocycles.